The minimum Gasteiger partial charge on any atom is -0.351 e. The molecule has 0 unspecified atom stereocenters. The molecule has 0 atom stereocenters. The van der Waals surface area contributed by atoms with Gasteiger partial charge in [0.15, 0.2) is 0 Å². The summed E-state index contributed by atoms with van der Waals surface area (Å²) in [6.45, 7) is 0.527. The molecule has 0 spiro atoms. The third-order valence-electron chi connectivity index (χ3n) is 2.63. The van der Waals surface area contributed by atoms with E-state index >= 15 is 0 Å². The van der Waals surface area contributed by atoms with Gasteiger partial charge in [-0.15, -0.1) is 11.3 Å². The van der Waals surface area contributed by atoms with Crippen LogP contribution in [0.4, 0.5) is 0 Å². The number of carbonyl (C=O) groups is 2. The van der Waals surface area contributed by atoms with Crippen molar-refractivity contribution in [3.8, 4) is 0 Å². The first-order valence-corrected chi connectivity index (χ1v) is 6.80. The molecular formula is C13H14N4O2S. The summed E-state index contributed by atoms with van der Waals surface area (Å²) >= 11 is 1.11. The predicted octanol–water partition coefficient (Wildman–Crippen LogP) is 0.719. The van der Waals surface area contributed by atoms with Gasteiger partial charge >= 0.3 is 0 Å². The molecule has 0 fully saturated rings. The lowest BCUT2D eigenvalue weighted by atomic mass is 10.2. The Morgan fingerprint density at radius 3 is 2.40 bits per heavy atom. The molecule has 6 nitrogen and oxygen atoms in total. The molecule has 0 aromatic carbocycles. The summed E-state index contributed by atoms with van der Waals surface area (Å²) in [7, 11) is 0. The fourth-order valence-corrected chi connectivity index (χ4v) is 2.44. The molecule has 0 saturated carbocycles. The maximum absolute atomic E-state index is 11.9. The van der Waals surface area contributed by atoms with Gasteiger partial charge in [-0.3, -0.25) is 20.0 Å². The van der Waals surface area contributed by atoms with Crippen LogP contribution < -0.4 is 16.6 Å². The number of hydrazine groups is 1. The molecule has 2 heterocycles. The molecule has 2 aromatic heterocycles. The number of nitrogen functional groups attached to an aromatic ring is 1. The normalized spacial score (nSPS) is 10.1. The Labute approximate surface area is 120 Å². The standard InChI is InChI=1S/C13H14N4O2S/c14-17-13(19)11-2-1-10(20-11)12(18)16-8-5-9-3-6-15-7-4-9/h1-4,6-7H,5,8,14H2,(H,16,18)(H,17,19). The van der Waals surface area contributed by atoms with Crippen LogP contribution in [-0.4, -0.2) is 23.3 Å². The van der Waals surface area contributed by atoms with E-state index in [9.17, 15) is 9.59 Å². The predicted molar refractivity (Wildman–Crippen MR) is 76.2 cm³/mol. The number of aromatic nitrogens is 1. The van der Waals surface area contributed by atoms with Gasteiger partial charge < -0.3 is 5.32 Å². The highest BCUT2D eigenvalue weighted by Gasteiger charge is 2.12. The monoisotopic (exact) mass is 290 g/mol. The molecule has 7 heteroatoms. The van der Waals surface area contributed by atoms with E-state index in [4.69, 9.17) is 5.84 Å². The Bertz CT molecular complexity index is 597. The van der Waals surface area contributed by atoms with E-state index < -0.39 is 5.91 Å². The maximum Gasteiger partial charge on any atom is 0.275 e. The summed E-state index contributed by atoms with van der Waals surface area (Å²) in [5.74, 6) is 4.44. The van der Waals surface area contributed by atoms with E-state index in [1.54, 1.807) is 24.5 Å². The van der Waals surface area contributed by atoms with Gasteiger partial charge in [0, 0.05) is 18.9 Å². The van der Waals surface area contributed by atoms with Crippen molar-refractivity contribution in [3.05, 3.63) is 52.0 Å². The van der Waals surface area contributed by atoms with Gasteiger partial charge in [-0.1, -0.05) is 0 Å². The second kappa shape index (κ2) is 6.78. The zero-order chi connectivity index (χ0) is 14.4. The van der Waals surface area contributed by atoms with Crippen LogP contribution in [0.25, 0.3) is 0 Å². The van der Waals surface area contributed by atoms with E-state index in [-0.39, 0.29) is 5.91 Å². The topological polar surface area (TPSA) is 97.1 Å². The third kappa shape index (κ3) is 3.62. The number of nitrogens with two attached hydrogens (primary N) is 1. The quantitative estimate of drug-likeness (QED) is 0.429. The van der Waals surface area contributed by atoms with E-state index in [0.29, 0.717) is 16.3 Å². The number of hydrogen-bond acceptors (Lipinski definition) is 5. The molecule has 0 aliphatic heterocycles. The summed E-state index contributed by atoms with van der Waals surface area (Å²) in [4.78, 5) is 28.0. The van der Waals surface area contributed by atoms with Crippen molar-refractivity contribution in [3.63, 3.8) is 0 Å². The van der Waals surface area contributed by atoms with Crippen molar-refractivity contribution in [2.75, 3.05) is 6.54 Å². The molecule has 20 heavy (non-hydrogen) atoms. The number of rotatable bonds is 5. The molecule has 0 saturated heterocycles. The molecule has 4 N–H and O–H groups in total. The lowest BCUT2D eigenvalue weighted by molar-refractivity contribution is 0.0951. The zero-order valence-corrected chi connectivity index (χ0v) is 11.4. The highest BCUT2D eigenvalue weighted by molar-refractivity contribution is 7.15. The largest absolute Gasteiger partial charge is 0.351 e. The Hall–Kier alpha value is -2.25. The number of amides is 2. The van der Waals surface area contributed by atoms with Crippen molar-refractivity contribution >= 4 is 23.2 Å². The number of nitrogens with zero attached hydrogens (tertiary/aromatic N) is 1. The Morgan fingerprint density at radius 2 is 1.75 bits per heavy atom. The minimum atomic E-state index is -0.397. The molecule has 2 amide bonds. The second-order valence-electron chi connectivity index (χ2n) is 4.00. The first-order valence-electron chi connectivity index (χ1n) is 5.98. The van der Waals surface area contributed by atoms with Crippen LogP contribution in [0.2, 0.25) is 0 Å². The lowest BCUT2D eigenvalue weighted by Crippen LogP contribution is -2.29. The Balaban J connectivity index is 1.86. The average Bonchev–Trinajstić information content (AvgIpc) is 2.97. The first kappa shape index (κ1) is 14.2. The zero-order valence-electron chi connectivity index (χ0n) is 10.6. The SMILES string of the molecule is NNC(=O)c1ccc(C(=O)NCCc2ccncc2)s1. The van der Waals surface area contributed by atoms with Crippen LogP contribution in [0.3, 0.4) is 0 Å². The summed E-state index contributed by atoms with van der Waals surface area (Å²) in [5.41, 5.74) is 3.14. The first-order chi connectivity index (χ1) is 9.70. The van der Waals surface area contributed by atoms with Crippen molar-refractivity contribution in [2.45, 2.75) is 6.42 Å². The number of nitrogens with one attached hydrogen (secondary N) is 2. The van der Waals surface area contributed by atoms with E-state index in [0.717, 1.165) is 23.3 Å². The van der Waals surface area contributed by atoms with Crippen molar-refractivity contribution in [2.24, 2.45) is 5.84 Å². The molecule has 0 radical (unpaired) electrons. The third-order valence-corrected chi connectivity index (χ3v) is 3.72. The van der Waals surface area contributed by atoms with E-state index in [2.05, 4.69) is 10.3 Å². The van der Waals surface area contributed by atoms with Gasteiger partial charge in [-0.2, -0.15) is 0 Å². The summed E-state index contributed by atoms with van der Waals surface area (Å²) in [5, 5.41) is 2.81. The maximum atomic E-state index is 11.9. The Kier molecular flexibility index (Phi) is 4.80. The summed E-state index contributed by atoms with van der Waals surface area (Å²) < 4.78 is 0. The number of carbonyl (C=O) groups excluding carboxylic acids is 2. The van der Waals surface area contributed by atoms with Gasteiger partial charge in [0.05, 0.1) is 9.75 Å². The molecule has 104 valence electrons. The van der Waals surface area contributed by atoms with Crippen LogP contribution in [-0.2, 0) is 6.42 Å². The highest BCUT2D eigenvalue weighted by atomic mass is 32.1. The van der Waals surface area contributed by atoms with Crippen LogP contribution in [0, 0.1) is 0 Å². The minimum absolute atomic E-state index is 0.194. The number of thiophene rings is 1. The molecular weight excluding hydrogens is 276 g/mol. The van der Waals surface area contributed by atoms with Crippen LogP contribution in [0.5, 0.6) is 0 Å². The van der Waals surface area contributed by atoms with Crippen LogP contribution in [0.1, 0.15) is 24.9 Å². The molecule has 2 rings (SSSR count). The highest BCUT2D eigenvalue weighted by Crippen LogP contribution is 2.15. The van der Waals surface area contributed by atoms with Crippen molar-refractivity contribution in [1.29, 1.82) is 0 Å². The fourth-order valence-electron chi connectivity index (χ4n) is 1.61. The second-order valence-corrected chi connectivity index (χ2v) is 5.08. The summed E-state index contributed by atoms with van der Waals surface area (Å²) in [6, 6.07) is 6.99. The molecule has 0 bridgehead atoms. The molecule has 0 aliphatic carbocycles. The number of hydrogen-bond donors (Lipinski definition) is 3. The van der Waals surface area contributed by atoms with Gasteiger partial charge in [-0.05, 0) is 36.2 Å². The molecule has 0 aliphatic rings. The van der Waals surface area contributed by atoms with Gasteiger partial charge in [0.25, 0.3) is 11.8 Å². The van der Waals surface area contributed by atoms with Crippen molar-refractivity contribution in [1.82, 2.24) is 15.7 Å². The smallest absolute Gasteiger partial charge is 0.275 e. The average molecular weight is 290 g/mol. The van der Waals surface area contributed by atoms with Gasteiger partial charge in [-0.25, -0.2) is 5.84 Å². The van der Waals surface area contributed by atoms with E-state index in [1.807, 2.05) is 17.6 Å². The van der Waals surface area contributed by atoms with Crippen molar-refractivity contribution < 1.29 is 9.59 Å². The van der Waals surface area contributed by atoms with Crippen LogP contribution >= 0.6 is 11.3 Å². The van der Waals surface area contributed by atoms with Gasteiger partial charge in [0.2, 0.25) is 0 Å². The summed E-state index contributed by atoms with van der Waals surface area (Å²) in [6.07, 6.45) is 4.16. The van der Waals surface area contributed by atoms with Gasteiger partial charge in [0.1, 0.15) is 0 Å². The fraction of sp³-hybridized carbons (Fsp3) is 0.154. The number of pyridine rings is 1. The lowest BCUT2D eigenvalue weighted by Gasteiger charge is -2.03. The van der Waals surface area contributed by atoms with E-state index in [1.165, 1.54) is 0 Å². The molecule has 2 aromatic rings. The Morgan fingerprint density at radius 1 is 1.10 bits per heavy atom. The van der Waals surface area contributed by atoms with Crippen LogP contribution in [0.15, 0.2) is 36.7 Å².